The molecule has 236 valence electrons. The zero-order chi connectivity index (χ0) is 31.8. The van der Waals surface area contributed by atoms with Crippen molar-refractivity contribution < 1.29 is 32.9 Å². The van der Waals surface area contributed by atoms with Gasteiger partial charge in [0.25, 0.3) is 0 Å². The summed E-state index contributed by atoms with van der Waals surface area (Å²) in [5.74, 6) is 0.693. The van der Waals surface area contributed by atoms with E-state index >= 15 is 0 Å². The molecule has 2 heterocycles. The number of pyridine rings is 1. The van der Waals surface area contributed by atoms with Gasteiger partial charge in [-0.25, -0.2) is 13.5 Å². The molecule has 0 radical (unpaired) electrons. The first kappa shape index (κ1) is 32.3. The monoisotopic (exact) mass is 654 g/mol. The Balaban J connectivity index is 1.23. The summed E-state index contributed by atoms with van der Waals surface area (Å²) in [6.45, 7) is 4.84. The number of fused-ring (bicyclic) bond motifs is 1. The minimum Gasteiger partial charge on any atom is -0.493 e. The number of thiol groups is 1. The summed E-state index contributed by atoms with van der Waals surface area (Å²) < 4.78 is 38.0. The Morgan fingerprint density at radius 3 is 2.62 bits per heavy atom. The van der Waals surface area contributed by atoms with E-state index in [0.717, 1.165) is 43.6 Å². The zero-order valence-electron chi connectivity index (χ0n) is 24.5. The molecule has 0 aliphatic carbocycles. The molecule has 45 heavy (non-hydrogen) atoms. The number of morpholine rings is 1. The van der Waals surface area contributed by atoms with Crippen molar-refractivity contribution in [3.05, 3.63) is 83.3 Å². The fourth-order valence-electron chi connectivity index (χ4n) is 4.76. The van der Waals surface area contributed by atoms with E-state index in [2.05, 4.69) is 28.0 Å². The molecule has 0 atom stereocenters. The van der Waals surface area contributed by atoms with E-state index in [0.29, 0.717) is 40.5 Å². The van der Waals surface area contributed by atoms with Crippen molar-refractivity contribution in [2.45, 2.75) is 12.8 Å². The highest BCUT2D eigenvalue weighted by Gasteiger charge is 2.19. The lowest BCUT2D eigenvalue weighted by Gasteiger charge is -2.26. The number of ether oxygens (including phenoxy) is 4. The van der Waals surface area contributed by atoms with Gasteiger partial charge in [0.2, 0.25) is 5.91 Å². The van der Waals surface area contributed by atoms with Crippen LogP contribution in [0.1, 0.15) is 12.0 Å². The third-order valence-electron chi connectivity index (χ3n) is 7.09. The van der Waals surface area contributed by atoms with Gasteiger partial charge in [0.15, 0.2) is 11.5 Å². The minimum absolute atomic E-state index is 0.169. The van der Waals surface area contributed by atoms with Crippen LogP contribution >= 0.6 is 24.4 Å². The highest BCUT2D eigenvalue weighted by molar-refractivity contribution is 7.82. The summed E-state index contributed by atoms with van der Waals surface area (Å²) in [5, 5.41) is 3.06. The number of urea groups is 1. The molecule has 0 unspecified atom stereocenters. The van der Waals surface area contributed by atoms with Crippen molar-refractivity contribution in [3.63, 3.8) is 0 Å². The fraction of sp³-hybridized carbons (Fsp3) is 0.281. The second kappa shape index (κ2) is 15.3. The Hall–Kier alpha value is -4.10. The van der Waals surface area contributed by atoms with Gasteiger partial charge in [-0.2, -0.15) is 0 Å². The third-order valence-corrected chi connectivity index (χ3v) is 7.80. The molecular formula is C32H32ClFN4O6S. The molecule has 0 saturated carbocycles. The van der Waals surface area contributed by atoms with Gasteiger partial charge in [-0.3, -0.25) is 20.0 Å². The Bertz CT molecular complexity index is 1670. The highest BCUT2D eigenvalue weighted by Crippen LogP contribution is 2.39. The summed E-state index contributed by atoms with van der Waals surface area (Å²) >= 11 is 10.7. The highest BCUT2D eigenvalue weighted by atomic mass is 35.5. The maximum absolute atomic E-state index is 13.9. The number of benzene rings is 3. The number of hydrogen-bond acceptors (Lipinski definition) is 9. The largest absolute Gasteiger partial charge is 0.493 e. The lowest BCUT2D eigenvalue weighted by Crippen LogP contribution is -2.39. The van der Waals surface area contributed by atoms with E-state index in [1.54, 1.807) is 43.6 Å². The van der Waals surface area contributed by atoms with Crippen LogP contribution in [0.15, 0.2) is 66.9 Å². The zero-order valence-corrected chi connectivity index (χ0v) is 26.2. The fourth-order valence-corrected chi connectivity index (χ4v) is 5.14. The average molecular weight is 655 g/mol. The average Bonchev–Trinajstić information content (AvgIpc) is 3.05. The number of amides is 3. The summed E-state index contributed by atoms with van der Waals surface area (Å²) in [6.07, 6.45) is 2.18. The standard InChI is InChI=1S/C32H32ClFN4O6S/c1-41-29-19-23-26(20-30(29)43-14-4-11-37-12-15-42-16-13-37)35-10-9-27(23)44-28-8-7-22(18-24(28)33)38(45)32(40)36-31(39)17-21-5-2-3-6-25(21)34/h2-3,5-10,18-20,45H,4,11-17H2,1H3,(H,36,39,40). The van der Waals surface area contributed by atoms with Crippen molar-refractivity contribution in [3.8, 4) is 23.0 Å². The first-order valence-electron chi connectivity index (χ1n) is 14.3. The van der Waals surface area contributed by atoms with Crippen LogP contribution in [0.2, 0.25) is 5.02 Å². The predicted molar refractivity (Wildman–Crippen MR) is 172 cm³/mol. The van der Waals surface area contributed by atoms with E-state index < -0.39 is 17.8 Å². The Morgan fingerprint density at radius 2 is 1.87 bits per heavy atom. The van der Waals surface area contributed by atoms with Gasteiger partial charge >= 0.3 is 6.03 Å². The molecule has 3 amide bonds. The van der Waals surface area contributed by atoms with E-state index in [1.165, 1.54) is 24.3 Å². The van der Waals surface area contributed by atoms with Crippen LogP contribution in [0.3, 0.4) is 0 Å². The summed E-state index contributed by atoms with van der Waals surface area (Å²) in [5.41, 5.74) is 1.09. The first-order chi connectivity index (χ1) is 21.8. The number of nitrogens with one attached hydrogen (secondary N) is 1. The van der Waals surface area contributed by atoms with Crippen LogP contribution in [0, 0.1) is 5.82 Å². The Labute approximate surface area is 270 Å². The van der Waals surface area contributed by atoms with E-state index in [9.17, 15) is 14.0 Å². The normalized spacial score (nSPS) is 13.3. The van der Waals surface area contributed by atoms with Gasteiger partial charge < -0.3 is 18.9 Å². The Kier molecular flexibility index (Phi) is 11.0. The molecule has 1 N–H and O–H groups in total. The van der Waals surface area contributed by atoms with Crippen molar-refractivity contribution in [2.75, 3.05) is 50.9 Å². The molecule has 1 saturated heterocycles. The number of carbonyl (C=O) groups is 2. The van der Waals surface area contributed by atoms with Crippen LogP contribution in [0.4, 0.5) is 14.9 Å². The second-order valence-electron chi connectivity index (χ2n) is 10.1. The van der Waals surface area contributed by atoms with Gasteiger partial charge in [-0.15, -0.1) is 0 Å². The molecule has 0 bridgehead atoms. The molecule has 4 aromatic rings. The topological polar surface area (TPSA) is 102 Å². The molecule has 1 aliphatic rings. The SMILES string of the molecule is COc1cc2c(Oc3ccc(N(S)C(=O)NC(=O)Cc4ccccc4F)cc3Cl)ccnc2cc1OCCCN1CCOCC1. The van der Waals surface area contributed by atoms with Crippen LogP contribution in [0.5, 0.6) is 23.0 Å². The summed E-state index contributed by atoms with van der Waals surface area (Å²) in [6, 6.07) is 14.9. The number of anilines is 1. The summed E-state index contributed by atoms with van der Waals surface area (Å²) in [7, 11) is 1.57. The van der Waals surface area contributed by atoms with Gasteiger partial charge in [0.05, 0.1) is 49.6 Å². The Morgan fingerprint density at radius 1 is 1.07 bits per heavy atom. The number of rotatable bonds is 11. The van der Waals surface area contributed by atoms with E-state index in [-0.39, 0.29) is 22.7 Å². The molecule has 1 aromatic heterocycles. The van der Waals surface area contributed by atoms with E-state index in [4.69, 9.17) is 30.5 Å². The van der Waals surface area contributed by atoms with Gasteiger partial charge in [-0.05, 0) is 48.4 Å². The maximum atomic E-state index is 13.9. The quantitative estimate of drug-likeness (QED) is 0.149. The van der Waals surface area contributed by atoms with Crippen LogP contribution in [0.25, 0.3) is 10.9 Å². The molecule has 3 aromatic carbocycles. The number of nitrogens with zero attached hydrogens (tertiary/aromatic N) is 3. The maximum Gasteiger partial charge on any atom is 0.338 e. The third kappa shape index (κ3) is 8.34. The first-order valence-corrected chi connectivity index (χ1v) is 15.0. The minimum atomic E-state index is -0.823. The van der Waals surface area contributed by atoms with Crippen LogP contribution < -0.4 is 23.8 Å². The smallest absolute Gasteiger partial charge is 0.338 e. The van der Waals surface area contributed by atoms with Crippen molar-refractivity contribution in [1.82, 2.24) is 15.2 Å². The molecule has 1 fully saturated rings. The number of carbonyl (C=O) groups excluding carboxylic acids is 2. The van der Waals surface area contributed by atoms with Gasteiger partial charge in [-0.1, -0.05) is 42.6 Å². The molecule has 10 nitrogen and oxygen atoms in total. The van der Waals surface area contributed by atoms with Crippen molar-refractivity contribution in [2.24, 2.45) is 0 Å². The lowest BCUT2D eigenvalue weighted by atomic mass is 10.1. The van der Waals surface area contributed by atoms with E-state index in [1.807, 2.05) is 6.07 Å². The van der Waals surface area contributed by atoms with Gasteiger partial charge in [0.1, 0.15) is 17.3 Å². The molecule has 5 rings (SSSR count). The number of halogens is 2. The molecule has 1 aliphatic heterocycles. The van der Waals surface area contributed by atoms with Crippen molar-refractivity contribution in [1.29, 1.82) is 0 Å². The molecule has 0 spiro atoms. The van der Waals surface area contributed by atoms with Gasteiger partial charge in [0, 0.05) is 37.3 Å². The number of hydrogen-bond donors (Lipinski definition) is 2. The number of aromatic nitrogens is 1. The predicted octanol–water partition coefficient (Wildman–Crippen LogP) is 6.06. The lowest BCUT2D eigenvalue weighted by molar-refractivity contribution is -0.119. The molecule has 13 heteroatoms. The van der Waals surface area contributed by atoms with Crippen LogP contribution in [-0.2, 0) is 16.0 Å². The van der Waals surface area contributed by atoms with Crippen molar-refractivity contribution >= 4 is 52.9 Å². The van der Waals surface area contributed by atoms with Crippen LogP contribution in [-0.4, -0.2) is 68.4 Å². The number of imide groups is 1. The molecular weight excluding hydrogens is 623 g/mol. The summed E-state index contributed by atoms with van der Waals surface area (Å²) in [4.78, 5) is 31.8. The second-order valence-corrected chi connectivity index (χ2v) is 10.9. The number of methoxy groups -OCH3 is 1.